The normalized spacial score (nSPS) is 13.3. The number of aliphatic imine (C=N–C) groups is 1. The van der Waals surface area contributed by atoms with Crippen molar-refractivity contribution >= 4 is 39.8 Å². The number of hydrogen-bond donors (Lipinski definition) is 2. The fraction of sp³-hybridized carbons (Fsp3) is 0.611. The third-order valence-corrected chi connectivity index (χ3v) is 4.80. The van der Waals surface area contributed by atoms with Crippen LogP contribution in [0.15, 0.2) is 34.2 Å². The minimum absolute atomic E-state index is 0. The predicted molar refractivity (Wildman–Crippen MR) is 116 cm³/mol. The fourth-order valence-corrected chi connectivity index (χ4v) is 2.85. The van der Waals surface area contributed by atoms with Crippen LogP contribution >= 0.6 is 24.0 Å². The number of nitrogens with one attached hydrogen (secondary N) is 2. The van der Waals surface area contributed by atoms with Crippen LogP contribution in [0.1, 0.15) is 46.1 Å². The molecule has 0 aliphatic carbocycles. The first-order valence-corrected chi connectivity index (χ1v) is 10.4. The molecule has 1 unspecified atom stereocenters. The van der Waals surface area contributed by atoms with Gasteiger partial charge >= 0.3 is 0 Å². The number of rotatable bonds is 8. The van der Waals surface area contributed by atoms with Gasteiger partial charge in [0.1, 0.15) is 0 Å². The Kier molecular flexibility index (Phi) is 11.3. The monoisotopic (exact) mass is 481 g/mol. The van der Waals surface area contributed by atoms with Gasteiger partial charge in [0, 0.05) is 18.8 Å². The molecule has 1 atom stereocenters. The maximum absolute atomic E-state index is 11.5. The molecule has 5 nitrogen and oxygen atoms in total. The summed E-state index contributed by atoms with van der Waals surface area (Å²) in [6.07, 6.45) is 3.50. The molecule has 0 aliphatic rings. The van der Waals surface area contributed by atoms with Gasteiger partial charge in [-0.25, -0.2) is 13.4 Å². The molecule has 0 bridgehead atoms. The number of halogens is 1. The smallest absolute Gasteiger partial charge is 0.191 e. The van der Waals surface area contributed by atoms with Crippen molar-refractivity contribution in [1.82, 2.24) is 10.6 Å². The van der Waals surface area contributed by atoms with E-state index in [0.717, 1.165) is 24.5 Å². The lowest BCUT2D eigenvalue weighted by atomic mass is 10.0. The molecule has 0 fully saturated rings. The van der Waals surface area contributed by atoms with Crippen LogP contribution in [-0.4, -0.2) is 33.2 Å². The van der Waals surface area contributed by atoms with Crippen molar-refractivity contribution in [3.8, 4) is 0 Å². The van der Waals surface area contributed by atoms with Crippen LogP contribution in [0.2, 0.25) is 0 Å². The summed E-state index contributed by atoms with van der Waals surface area (Å²) in [5, 5.41) is 6.67. The van der Waals surface area contributed by atoms with Gasteiger partial charge in [-0.1, -0.05) is 26.0 Å². The average Bonchev–Trinajstić information content (AvgIpc) is 2.50. The Morgan fingerprint density at radius 3 is 2.20 bits per heavy atom. The van der Waals surface area contributed by atoms with E-state index in [1.54, 1.807) is 12.1 Å². The molecule has 0 radical (unpaired) electrons. The van der Waals surface area contributed by atoms with Crippen molar-refractivity contribution in [2.24, 2.45) is 10.9 Å². The second-order valence-corrected chi connectivity index (χ2v) is 8.64. The van der Waals surface area contributed by atoms with Crippen molar-refractivity contribution in [2.45, 2.75) is 58.0 Å². The van der Waals surface area contributed by atoms with E-state index in [1.165, 1.54) is 12.7 Å². The van der Waals surface area contributed by atoms with E-state index < -0.39 is 9.84 Å². The molecule has 0 amide bonds. The van der Waals surface area contributed by atoms with E-state index in [0.29, 0.717) is 23.4 Å². The van der Waals surface area contributed by atoms with Crippen LogP contribution in [0.25, 0.3) is 0 Å². The predicted octanol–water partition coefficient (Wildman–Crippen LogP) is 3.59. The van der Waals surface area contributed by atoms with E-state index in [1.807, 2.05) is 19.1 Å². The van der Waals surface area contributed by atoms with Crippen LogP contribution in [-0.2, 0) is 16.4 Å². The maximum Gasteiger partial charge on any atom is 0.191 e. The number of hydrogen-bond acceptors (Lipinski definition) is 3. The molecule has 0 saturated heterocycles. The van der Waals surface area contributed by atoms with E-state index in [-0.39, 0.29) is 24.0 Å². The summed E-state index contributed by atoms with van der Waals surface area (Å²) in [6.45, 7) is 9.97. The van der Waals surface area contributed by atoms with Gasteiger partial charge in [-0.05, 0) is 50.3 Å². The van der Waals surface area contributed by atoms with Gasteiger partial charge in [0.05, 0.1) is 11.4 Å². The van der Waals surface area contributed by atoms with Gasteiger partial charge in [-0.3, -0.25) is 0 Å². The van der Waals surface area contributed by atoms with Gasteiger partial charge < -0.3 is 10.6 Å². The zero-order valence-corrected chi connectivity index (χ0v) is 19.0. The fourth-order valence-electron chi connectivity index (χ4n) is 2.22. The molecular weight excluding hydrogens is 449 g/mol. The molecule has 144 valence electrons. The first kappa shape index (κ1) is 24.2. The SMILES string of the molecule is CCNC(=NCc1ccc(S(C)(=O)=O)cc1)NC(C)CCC(C)C.I. The average molecular weight is 481 g/mol. The van der Waals surface area contributed by atoms with E-state index in [4.69, 9.17) is 0 Å². The van der Waals surface area contributed by atoms with Crippen LogP contribution in [0.5, 0.6) is 0 Å². The second kappa shape index (κ2) is 11.7. The highest BCUT2D eigenvalue weighted by Gasteiger charge is 2.08. The van der Waals surface area contributed by atoms with E-state index in [9.17, 15) is 8.42 Å². The van der Waals surface area contributed by atoms with Crippen LogP contribution in [0.3, 0.4) is 0 Å². The number of nitrogens with zero attached hydrogens (tertiary/aromatic N) is 1. The minimum Gasteiger partial charge on any atom is -0.357 e. The van der Waals surface area contributed by atoms with Gasteiger partial charge in [0.2, 0.25) is 0 Å². The Balaban J connectivity index is 0.00000576. The number of benzene rings is 1. The quantitative estimate of drug-likeness (QED) is 0.338. The third kappa shape index (κ3) is 10.0. The zero-order chi connectivity index (χ0) is 18.2. The molecule has 0 saturated carbocycles. The van der Waals surface area contributed by atoms with Crippen molar-refractivity contribution in [3.05, 3.63) is 29.8 Å². The molecule has 1 aromatic carbocycles. The molecule has 25 heavy (non-hydrogen) atoms. The van der Waals surface area contributed by atoms with Gasteiger partial charge in [0.15, 0.2) is 15.8 Å². The van der Waals surface area contributed by atoms with E-state index >= 15 is 0 Å². The van der Waals surface area contributed by atoms with Gasteiger partial charge in [0.25, 0.3) is 0 Å². The highest BCUT2D eigenvalue weighted by Crippen LogP contribution is 2.11. The van der Waals surface area contributed by atoms with Crippen LogP contribution in [0, 0.1) is 5.92 Å². The zero-order valence-electron chi connectivity index (χ0n) is 15.9. The third-order valence-electron chi connectivity index (χ3n) is 3.68. The molecule has 1 aromatic rings. The molecule has 0 aliphatic heterocycles. The lowest BCUT2D eigenvalue weighted by Gasteiger charge is -2.18. The lowest BCUT2D eigenvalue weighted by Crippen LogP contribution is -2.42. The highest BCUT2D eigenvalue weighted by atomic mass is 127. The number of sulfone groups is 1. The Labute approximate surface area is 170 Å². The summed E-state index contributed by atoms with van der Waals surface area (Å²) >= 11 is 0. The summed E-state index contributed by atoms with van der Waals surface area (Å²) < 4.78 is 23.0. The first-order chi connectivity index (χ1) is 11.2. The van der Waals surface area contributed by atoms with E-state index in [2.05, 4.69) is 36.4 Å². The summed E-state index contributed by atoms with van der Waals surface area (Å²) in [5.74, 6) is 1.49. The molecule has 0 aromatic heterocycles. The van der Waals surface area contributed by atoms with Crippen molar-refractivity contribution < 1.29 is 8.42 Å². The highest BCUT2D eigenvalue weighted by molar-refractivity contribution is 14.0. The van der Waals surface area contributed by atoms with Gasteiger partial charge in [-0.15, -0.1) is 24.0 Å². The van der Waals surface area contributed by atoms with Crippen molar-refractivity contribution in [2.75, 3.05) is 12.8 Å². The molecular formula is C18H32IN3O2S. The Hall–Kier alpha value is -0.830. The Morgan fingerprint density at radius 2 is 1.72 bits per heavy atom. The minimum atomic E-state index is -3.15. The second-order valence-electron chi connectivity index (χ2n) is 6.63. The topological polar surface area (TPSA) is 70.6 Å². The Bertz CT molecular complexity index is 628. The molecule has 7 heteroatoms. The maximum atomic E-state index is 11.5. The van der Waals surface area contributed by atoms with Crippen LogP contribution in [0.4, 0.5) is 0 Å². The largest absolute Gasteiger partial charge is 0.357 e. The standard InChI is InChI=1S/C18H31N3O2S.HI/c1-6-19-18(21-15(4)8-7-14(2)3)20-13-16-9-11-17(12-10-16)24(5,22)23;/h9-12,14-15H,6-8,13H2,1-5H3,(H2,19,20,21);1H. The van der Waals surface area contributed by atoms with Crippen molar-refractivity contribution in [3.63, 3.8) is 0 Å². The van der Waals surface area contributed by atoms with Crippen LogP contribution < -0.4 is 10.6 Å². The van der Waals surface area contributed by atoms with Crippen molar-refractivity contribution in [1.29, 1.82) is 0 Å². The summed E-state index contributed by atoms with van der Waals surface area (Å²) in [7, 11) is -3.15. The molecule has 2 N–H and O–H groups in total. The summed E-state index contributed by atoms with van der Waals surface area (Å²) in [5.41, 5.74) is 0.981. The molecule has 0 heterocycles. The molecule has 0 spiro atoms. The summed E-state index contributed by atoms with van der Waals surface area (Å²) in [4.78, 5) is 4.92. The molecule has 1 rings (SSSR count). The number of guanidine groups is 1. The first-order valence-electron chi connectivity index (χ1n) is 8.56. The Morgan fingerprint density at radius 1 is 1.12 bits per heavy atom. The lowest BCUT2D eigenvalue weighted by molar-refractivity contribution is 0.489. The summed E-state index contributed by atoms with van der Waals surface area (Å²) in [6, 6.07) is 7.24. The van der Waals surface area contributed by atoms with Gasteiger partial charge in [-0.2, -0.15) is 0 Å².